The summed E-state index contributed by atoms with van der Waals surface area (Å²) in [4.78, 5) is 0. The van der Waals surface area contributed by atoms with Crippen LogP contribution in [0.15, 0.2) is 28.9 Å². The summed E-state index contributed by atoms with van der Waals surface area (Å²) >= 11 is 3.47. The largest absolute Gasteiger partial charge is 0.486 e. The standard InChI is InChI=1S/C15H17BrN2O3/c1-2-6-18-13(11(16)9-17-18)14(19)10-4-3-5-12-15(10)21-8-7-20-12/h3-5,9,14,19H,2,6-8H2,1H3. The third-order valence-corrected chi connectivity index (χ3v) is 4.03. The van der Waals surface area contributed by atoms with E-state index in [0.29, 0.717) is 30.3 Å². The number of hydrogen-bond donors (Lipinski definition) is 1. The van der Waals surface area contributed by atoms with Crippen molar-refractivity contribution in [2.24, 2.45) is 0 Å². The molecule has 5 nitrogen and oxygen atoms in total. The van der Waals surface area contributed by atoms with Crippen molar-refractivity contribution in [2.75, 3.05) is 13.2 Å². The third kappa shape index (κ3) is 2.65. The molecule has 1 aromatic carbocycles. The van der Waals surface area contributed by atoms with Gasteiger partial charge < -0.3 is 14.6 Å². The minimum absolute atomic E-state index is 0.492. The van der Waals surface area contributed by atoms with E-state index in [0.717, 1.165) is 23.1 Å². The maximum Gasteiger partial charge on any atom is 0.167 e. The quantitative estimate of drug-likeness (QED) is 0.918. The van der Waals surface area contributed by atoms with Crippen LogP contribution in [0.5, 0.6) is 11.5 Å². The lowest BCUT2D eigenvalue weighted by Crippen LogP contribution is -2.18. The lowest BCUT2D eigenvalue weighted by Gasteiger charge is -2.23. The second-order valence-electron chi connectivity index (χ2n) is 4.87. The number of hydrogen-bond acceptors (Lipinski definition) is 4. The van der Waals surface area contributed by atoms with Gasteiger partial charge in [-0.1, -0.05) is 19.1 Å². The number of ether oxygens (including phenoxy) is 2. The Balaban J connectivity index is 2.03. The molecule has 0 fully saturated rings. The maximum absolute atomic E-state index is 10.8. The number of rotatable bonds is 4. The average Bonchev–Trinajstić information content (AvgIpc) is 2.87. The van der Waals surface area contributed by atoms with E-state index in [1.165, 1.54) is 0 Å². The Labute approximate surface area is 131 Å². The Morgan fingerprint density at radius 2 is 2.19 bits per heavy atom. The third-order valence-electron chi connectivity index (χ3n) is 3.42. The van der Waals surface area contributed by atoms with Gasteiger partial charge in [0.25, 0.3) is 0 Å². The van der Waals surface area contributed by atoms with E-state index < -0.39 is 6.10 Å². The molecule has 6 heteroatoms. The van der Waals surface area contributed by atoms with Crippen molar-refractivity contribution in [3.63, 3.8) is 0 Å². The molecule has 1 aliphatic rings. The molecular formula is C15H17BrN2O3. The van der Waals surface area contributed by atoms with Gasteiger partial charge >= 0.3 is 0 Å². The number of aromatic nitrogens is 2. The highest BCUT2D eigenvalue weighted by Gasteiger charge is 2.25. The van der Waals surface area contributed by atoms with Crippen LogP contribution in [0, 0.1) is 0 Å². The van der Waals surface area contributed by atoms with E-state index in [9.17, 15) is 5.11 Å². The van der Waals surface area contributed by atoms with Crippen molar-refractivity contribution in [2.45, 2.75) is 26.0 Å². The number of nitrogens with zero attached hydrogens (tertiary/aromatic N) is 2. The first-order chi connectivity index (χ1) is 10.2. The molecule has 1 aromatic heterocycles. The number of halogens is 1. The van der Waals surface area contributed by atoms with Crippen LogP contribution in [0.25, 0.3) is 0 Å². The fourth-order valence-electron chi connectivity index (χ4n) is 2.49. The number of para-hydroxylation sites is 1. The maximum atomic E-state index is 10.8. The summed E-state index contributed by atoms with van der Waals surface area (Å²) in [5.41, 5.74) is 1.44. The SMILES string of the molecule is CCCn1ncc(Br)c1C(O)c1cccc2c1OCCO2. The van der Waals surface area contributed by atoms with Crippen molar-refractivity contribution < 1.29 is 14.6 Å². The Bertz CT molecular complexity index is 642. The Hall–Kier alpha value is -1.53. The zero-order valence-corrected chi connectivity index (χ0v) is 13.3. The Morgan fingerprint density at radius 1 is 1.38 bits per heavy atom. The van der Waals surface area contributed by atoms with Gasteiger partial charge in [-0.3, -0.25) is 4.68 Å². The van der Waals surface area contributed by atoms with Gasteiger partial charge in [0, 0.05) is 12.1 Å². The first-order valence-electron chi connectivity index (χ1n) is 7.00. The molecule has 0 amide bonds. The molecule has 1 aliphatic heterocycles. The van der Waals surface area contributed by atoms with E-state index in [4.69, 9.17) is 9.47 Å². The molecule has 0 spiro atoms. The van der Waals surface area contributed by atoms with Crippen LogP contribution in [0.2, 0.25) is 0 Å². The van der Waals surface area contributed by atoms with Crippen LogP contribution >= 0.6 is 15.9 Å². The van der Waals surface area contributed by atoms with Crippen LogP contribution in [-0.2, 0) is 6.54 Å². The minimum atomic E-state index is -0.815. The molecule has 0 saturated heterocycles. The van der Waals surface area contributed by atoms with Gasteiger partial charge in [-0.2, -0.15) is 5.10 Å². The lowest BCUT2D eigenvalue weighted by molar-refractivity contribution is 0.156. The molecule has 1 N–H and O–H groups in total. The van der Waals surface area contributed by atoms with E-state index in [2.05, 4.69) is 28.0 Å². The lowest BCUT2D eigenvalue weighted by atomic mass is 10.0. The minimum Gasteiger partial charge on any atom is -0.486 e. The van der Waals surface area contributed by atoms with Crippen molar-refractivity contribution in [3.05, 3.63) is 40.1 Å². The molecule has 0 bridgehead atoms. The van der Waals surface area contributed by atoms with Crippen LogP contribution in [0.3, 0.4) is 0 Å². The van der Waals surface area contributed by atoms with Crippen molar-refractivity contribution in [1.29, 1.82) is 0 Å². The van der Waals surface area contributed by atoms with E-state index in [-0.39, 0.29) is 0 Å². The van der Waals surface area contributed by atoms with Crippen molar-refractivity contribution in [1.82, 2.24) is 9.78 Å². The number of aliphatic hydroxyl groups is 1. The zero-order valence-electron chi connectivity index (χ0n) is 11.8. The van der Waals surface area contributed by atoms with Gasteiger partial charge in [0.1, 0.15) is 19.3 Å². The topological polar surface area (TPSA) is 56.5 Å². The highest BCUT2D eigenvalue weighted by molar-refractivity contribution is 9.10. The Morgan fingerprint density at radius 3 is 3.00 bits per heavy atom. The average molecular weight is 353 g/mol. The summed E-state index contributed by atoms with van der Waals surface area (Å²) in [5.74, 6) is 1.29. The summed E-state index contributed by atoms with van der Waals surface area (Å²) in [5, 5.41) is 15.1. The van der Waals surface area contributed by atoms with E-state index >= 15 is 0 Å². The van der Waals surface area contributed by atoms with Gasteiger partial charge in [-0.05, 0) is 28.4 Å². The summed E-state index contributed by atoms with van der Waals surface area (Å²) in [6.07, 6.45) is 1.84. The van der Waals surface area contributed by atoms with Gasteiger partial charge in [-0.25, -0.2) is 0 Å². The molecule has 1 atom stereocenters. The molecule has 1 unspecified atom stereocenters. The zero-order chi connectivity index (χ0) is 14.8. The summed E-state index contributed by atoms with van der Waals surface area (Å²) in [6, 6.07) is 5.57. The molecule has 112 valence electrons. The van der Waals surface area contributed by atoms with Crippen LogP contribution in [0.1, 0.15) is 30.7 Å². The number of fused-ring (bicyclic) bond motifs is 1. The summed E-state index contributed by atoms with van der Waals surface area (Å²) in [6.45, 7) is 3.85. The van der Waals surface area contributed by atoms with Crippen LogP contribution in [-0.4, -0.2) is 28.1 Å². The van der Waals surface area contributed by atoms with E-state index in [1.54, 1.807) is 6.20 Å². The van der Waals surface area contributed by atoms with Gasteiger partial charge in [0.2, 0.25) is 0 Å². The number of aliphatic hydroxyl groups excluding tert-OH is 1. The predicted molar refractivity (Wildman–Crippen MR) is 81.7 cm³/mol. The first-order valence-corrected chi connectivity index (χ1v) is 7.79. The van der Waals surface area contributed by atoms with E-state index in [1.807, 2.05) is 22.9 Å². The second-order valence-corrected chi connectivity index (χ2v) is 5.73. The molecular weight excluding hydrogens is 336 g/mol. The highest BCUT2D eigenvalue weighted by atomic mass is 79.9. The molecule has 3 rings (SSSR count). The summed E-state index contributed by atoms with van der Waals surface area (Å²) in [7, 11) is 0. The molecule has 0 saturated carbocycles. The van der Waals surface area contributed by atoms with Crippen LogP contribution in [0.4, 0.5) is 0 Å². The molecule has 21 heavy (non-hydrogen) atoms. The second kappa shape index (κ2) is 6.07. The number of aryl methyl sites for hydroxylation is 1. The van der Waals surface area contributed by atoms with Crippen molar-refractivity contribution >= 4 is 15.9 Å². The molecule has 0 aliphatic carbocycles. The monoisotopic (exact) mass is 352 g/mol. The molecule has 0 radical (unpaired) electrons. The first kappa shape index (κ1) is 14.4. The summed E-state index contributed by atoms with van der Waals surface area (Å²) < 4.78 is 13.9. The smallest absolute Gasteiger partial charge is 0.167 e. The Kier molecular flexibility index (Phi) is 4.17. The predicted octanol–water partition coefficient (Wildman–Crippen LogP) is 2.91. The fourth-order valence-corrected chi connectivity index (χ4v) is 3.01. The fraction of sp³-hybridized carbons (Fsp3) is 0.400. The van der Waals surface area contributed by atoms with Gasteiger partial charge in [-0.15, -0.1) is 0 Å². The highest BCUT2D eigenvalue weighted by Crippen LogP contribution is 2.40. The number of benzene rings is 1. The van der Waals surface area contributed by atoms with Crippen molar-refractivity contribution in [3.8, 4) is 11.5 Å². The normalized spacial score (nSPS) is 15.0. The van der Waals surface area contributed by atoms with Gasteiger partial charge in [0.15, 0.2) is 11.5 Å². The molecule has 2 aromatic rings. The van der Waals surface area contributed by atoms with Crippen LogP contribution < -0.4 is 9.47 Å². The van der Waals surface area contributed by atoms with Gasteiger partial charge in [0.05, 0.1) is 16.4 Å². The molecule has 2 heterocycles.